The lowest BCUT2D eigenvalue weighted by Gasteiger charge is -2.11. The Balaban J connectivity index is 2.10. The van der Waals surface area contributed by atoms with E-state index in [4.69, 9.17) is 4.42 Å². The number of rotatable bonds is 3. The first-order chi connectivity index (χ1) is 8.49. The average Bonchev–Trinajstić information content (AvgIpc) is 2.87. The lowest BCUT2D eigenvalue weighted by Crippen LogP contribution is -2.26. The second-order valence-electron chi connectivity index (χ2n) is 4.41. The number of furan rings is 1. The van der Waals surface area contributed by atoms with E-state index in [0.717, 1.165) is 17.2 Å². The molecule has 0 aliphatic rings. The molecule has 18 heavy (non-hydrogen) atoms. The topological polar surface area (TPSA) is 60.1 Å². The third kappa shape index (κ3) is 2.30. The van der Waals surface area contributed by atoms with Gasteiger partial charge in [0.1, 0.15) is 11.5 Å². The number of hydrogen-bond acceptors (Lipinski definition) is 3. The number of carbonyl (C=O) groups is 1. The van der Waals surface area contributed by atoms with Crippen molar-refractivity contribution >= 4 is 5.91 Å². The Labute approximate surface area is 106 Å². The molecule has 0 spiro atoms. The Hall–Kier alpha value is -2.04. The summed E-state index contributed by atoms with van der Waals surface area (Å²) in [5.74, 6) is 1.45. The molecule has 0 aliphatic heterocycles. The lowest BCUT2D eigenvalue weighted by atomic mass is 10.2. The van der Waals surface area contributed by atoms with Gasteiger partial charge >= 0.3 is 0 Å². The Morgan fingerprint density at radius 2 is 2.17 bits per heavy atom. The van der Waals surface area contributed by atoms with E-state index in [2.05, 4.69) is 10.4 Å². The summed E-state index contributed by atoms with van der Waals surface area (Å²) in [5, 5.41) is 6.95. The summed E-state index contributed by atoms with van der Waals surface area (Å²) < 4.78 is 7.16. The van der Waals surface area contributed by atoms with Crippen LogP contribution in [-0.4, -0.2) is 15.7 Å². The fourth-order valence-corrected chi connectivity index (χ4v) is 1.75. The number of amides is 1. The van der Waals surface area contributed by atoms with Crippen molar-refractivity contribution in [1.29, 1.82) is 0 Å². The van der Waals surface area contributed by atoms with Gasteiger partial charge in [0, 0.05) is 12.7 Å². The number of hydrogen-bond donors (Lipinski definition) is 1. The van der Waals surface area contributed by atoms with Crippen LogP contribution in [0.1, 0.15) is 40.5 Å². The molecule has 0 bridgehead atoms. The van der Waals surface area contributed by atoms with Crippen molar-refractivity contribution in [2.24, 2.45) is 7.05 Å². The highest BCUT2D eigenvalue weighted by Gasteiger charge is 2.17. The smallest absolute Gasteiger partial charge is 0.255 e. The predicted molar refractivity (Wildman–Crippen MR) is 67.3 cm³/mol. The van der Waals surface area contributed by atoms with E-state index >= 15 is 0 Å². The van der Waals surface area contributed by atoms with E-state index in [9.17, 15) is 4.79 Å². The van der Waals surface area contributed by atoms with Gasteiger partial charge in [-0.2, -0.15) is 5.10 Å². The maximum Gasteiger partial charge on any atom is 0.255 e. The maximum atomic E-state index is 12.1. The van der Waals surface area contributed by atoms with Crippen molar-refractivity contribution in [3.8, 4) is 0 Å². The van der Waals surface area contributed by atoms with Gasteiger partial charge < -0.3 is 9.73 Å². The summed E-state index contributed by atoms with van der Waals surface area (Å²) in [6, 6.07) is 3.59. The molecule has 96 valence electrons. The SMILES string of the molecule is Cc1ccc([C@@H](C)NC(=O)c2cnn(C)c2C)o1. The summed E-state index contributed by atoms with van der Waals surface area (Å²) in [6.07, 6.45) is 1.57. The molecular weight excluding hydrogens is 230 g/mol. The fourth-order valence-electron chi connectivity index (χ4n) is 1.75. The minimum atomic E-state index is -0.161. The number of aromatic nitrogens is 2. The molecule has 0 unspecified atom stereocenters. The van der Waals surface area contributed by atoms with Gasteiger partial charge in [0.2, 0.25) is 0 Å². The fraction of sp³-hybridized carbons (Fsp3) is 0.385. The molecule has 2 heterocycles. The van der Waals surface area contributed by atoms with Crippen LogP contribution in [0.15, 0.2) is 22.7 Å². The summed E-state index contributed by atoms with van der Waals surface area (Å²) >= 11 is 0. The van der Waals surface area contributed by atoms with E-state index in [1.165, 1.54) is 0 Å². The lowest BCUT2D eigenvalue weighted by molar-refractivity contribution is 0.0934. The van der Waals surface area contributed by atoms with Crippen LogP contribution in [0.2, 0.25) is 0 Å². The highest BCUT2D eigenvalue weighted by Crippen LogP contribution is 2.16. The highest BCUT2D eigenvalue weighted by molar-refractivity contribution is 5.95. The summed E-state index contributed by atoms with van der Waals surface area (Å²) in [7, 11) is 1.81. The molecule has 0 aromatic carbocycles. The minimum Gasteiger partial charge on any atom is -0.464 e. The van der Waals surface area contributed by atoms with Crippen molar-refractivity contribution in [3.63, 3.8) is 0 Å². The average molecular weight is 247 g/mol. The Morgan fingerprint density at radius 3 is 2.67 bits per heavy atom. The Bertz CT molecular complexity index is 569. The van der Waals surface area contributed by atoms with E-state index in [0.29, 0.717) is 5.56 Å². The summed E-state index contributed by atoms with van der Waals surface area (Å²) in [5.41, 5.74) is 1.43. The maximum absolute atomic E-state index is 12.1. The molecule has 0 radical (unpaired) electrons. The summed E-state index contributed by atoms with van der Waals surface area (Å²) in [4.78, 5) is 12.1. The second kappa shape index (κ2) is 4.68. The number of nitrogens with one attached hydrogen (secondary N) is 1. The Kier molecular flexibility index (Phi) is 3.23. The molecule has 1 atom stereocenters. The van der Waals surface area contributed by atoms with Crippen LogP contribution in [0.5, 0.6) is 0 Å². The van der Waals surface area contributed by atoms with Gasteiger partial charge in [-0.15, -0.1) is 0 Å². The van der Waals surface area contributed by atoms with Crippen molar-refractivity contribution in [2.75, 3.05) is 0 Å². The molecule has 0 fully saturated rings. The monoisotopic (exact) mass is 247 g/mol. The quantitative estimate of drug-likeness (QED) is 0.903. The van der Waals surface area contributed by atoms with Gasteiger partial charge in [0.25, 0.3) is 5.91 Å². The second-order valence-corrected chi connectivity index (χ2v) is 4.41. The minimum absolute atomic E-state index is 0.137. The van der Waals surface area contributed by atoms with Gasteiger partial charge in [-0.25, -0.2) is 0 Å². The van der Waals surface area contributed by atoms with Crippen molar-refractivity contribution < 1.29 is 9.21 Å². The molecule has 2 aromatic rings. The molecule has 2 aromatic heterocycles. The van der Waals surface area contributed by atoms with Crippen molar-refractivity contribution in [3.05, 3.63) is 41.1 Å². The Morgan fingerprint density at radius 1 is 1.44 bits per heavy atom. The van der Waals surface area contributed by atoms with E-state index < -0.39 is 0 Å². The van der Waals surface area contributed by atoms with Crippen LogP contribution in [0.3, 0.4) is 0 Å². The van der Waals surface area contributed by atoms with Crippen LogP contribution in [0, 0.1) is 13.8 Å². The molecule has 5 heteroatoms. The van der Waals surface area contributed by atoms with Crippen molar-refractivity contribution in [2.45, 2.75) is 26.8 Å². The van der Waals surface area contributed by atoms with Crippen LogP contribution >= 0.6 is 0 Å². The molecular formula is C13H17N3O2. The predicted octanol–water partition coefficient (Wildman–Crippen LogP) is 2.12. The third-order valence-electron chi connectivity index (χ3n) is 3.02. The van der Waals surface area contributed by atoms with E-state index in [1.54, 1.807) is 10.9 Å². The highest BCUT2D eigenvalue weighted by atomic mass is 16.3. The first kappa shape index (κ1) is 12.4. The molecule has 1 N–H and O–H groups in total. The first-order valence-corrected chi connectivity index (χ1v) is 5.85. The van der Waals surface area contributed by atoms with Crippen molar-refractivity contribution in [1.82, 2.24) is 15.1 Å². The first-order valence-electron chi connectivity index (χ1n) is 5.85. The van der Waals surface area contributed by atoms with Gasteiger partial charge in [-0.1, -0.05) is 0 Å². The number of nitrogens with zero attached hydrogens (tertiary/aromatic N) is 2. The van der Waals surface area contributed by atoms with E-state index in [1.807, 2.05) is 40.0 Å². The van der Waals surface area contributed by atoms with Crippen LogP contribution in [0.25, 0.3) is 0 Å². The molecule has 1 amide bonds. The standard InChI is InChI=1S/C13H17N3O2/c1-8-5-6-12(18-8)9(2)15-13(17)11-7-14-16(4)10(11)3/h5-7,9H,1-4H3,(H,15,17)/t9-/m1/s1. The van der Waals surface area contributed by atoms with Gasteiger partial charge in [0.15, 0.2) is 0 Å². The van der Waals surface area contributed by atoms with Crippen LogP contribution < -0.4 is 5.32 Å². The molecule has 2 rings (SSSR count). The molecule has 0 saturated heterocycles. The number of carbonyl (C=O) groups excluding carboxylic acids is 1. The normalized spacial score (nSPS) is 12.4. The van der Waals surface area contributed by atoms with E-state index in [-0.39, 0.29) is 11.9 Å². The third-order valence-corrected chi connectivity index (χ3v) is 3.02. The largest absolute Gasteiger partial charge is 0.464 e. The van der Waals surface area contributed by atoms with Crippen LogP contribution in [-0.2, 0) is 7.05 Å². The van der Waals surface area contributed by atoms with Gasteiger partial charge in [0.05, 0.1) is 17.8 Å². The zero-order valence-electron chi connectivity index (χ0n) is 11.0. The number of aryl methyl sites for hydroxylation is 2. The van der Waals surface area contributed by atoms with Gasteiger partial charge in [-0.05, 0) is 32.9 Å². The summed E-state index contributed by atoms with van der Waals surface area (Å²) in [6.45, 7) is 5.63. The molecule has 0 aliphatic carbocycles. The molecule has 5 nitrogen and oxygen atoms in total. The van der Waals surface area contributed by atoms with Crippen LogP contribution in [0.4, 0.5) is 0 Å². The zero-order valence-corrected chi connectivity index (χ0v) is 11.0. The zero-order chi connectivity index (χ0) is 13.3. The molecule has 0 saturated carbocycles. The van der Waals surface area contributed by atoms with Gasteiger partial charge in [-0.3, -0.25) is 9.48 Å².